The Balaban J connectivity index is 2.72. The van der Waals surface area contributed by atoms with E-state index in [4.69, 9.17) is 14.2 Å². The van der Waals surface area contributed by atoms with E-state index in [9.17, 15) is 9.59 Å². The lowest BCUT2D eigenvalue weighted by Gasteiger charge is -2.30. The Morgan fingerprint density at radius 3 is 2.29 bits per heavy atom. The average Bonchev–Trinajstić information content (AvgIpc) is 2.67. The van der Waals surface area contributed by atoms with Crippen molar-refractivity contribution in [2.45, 2.75) is 78.6 Å². The van der Waals surface area contributed by atoms with Crippen molar-refractivity contribution in [1.82, 2.24) is 5.32 Å². The van der Waals surface area contributed by atoms with Crippen molar-refractivity contribution in [1.29, 1.82) is 0 Å². The van der Waals surface area contributed by atoms with E-state index in [1.165, 1.54) is 5.56 Å². The molecule has 0 aliphatic rings. The van der Waals surface area contributed by atoms with Gasteiger partial charge in [-0.2, -0.15) is 0 Å². The topological polar surface area (TPSA) is 73.9 Å². The molecule has 31 heavy (non-hydrogen) atoms. The third-order valence-electron chi connectivity index (χ3n) is 4.87. The maximum atomic E-state index is 12.1. The number of nitrogens with one attached hydrogen (secondary N) is 1. The second kappa shape index (κ2) is 12.8. The second-order valence-corrected chi connectivity index (χ2v) is 9.89. The number of amides is 1. The highest BCUT2D eigenvalue weighted by molar-refractivity contribution is 5.76. The van der Waals surface area contributed by atoms with Gasteiger partial charge in [0.1, 0.15) is 17.4 Å². The Bertz CT molecular complexity index is 656. The molecule has 0 radical (unpaired) electrons. The first kappa shape index (κ1) is 27.1. The zero-order valence-corrected chi connectivity index (χ0v) is 20.3. The lowest BCUT2D eigenvalue weighted by molar-refractivity contribution is -0.117. The predicted molar refractivity (Wildman–Crippen MR) is 123 cm³/mol. The van der Waals surface area contributed by atoms with Crippen LogP contribution in [-0.2, 0) is 25.4 Å². The molecule has 0 unspecified atom stereocenters. The van der Waals surface area contributed by atoms with Crippen LogP contribution in [0.5, 0.6) is 0 Å². The van der Waals surface area contributed by atoms with Crippen molar-refractivity contribution >= 4 is 12.4 Å². The fraction of sp³-hybridized carbons (Fsp3) is 0.680. The van der Waals surface area contributed by atoms with Crippen molar-refractivity contribution in [3.05, 3.63) is 35.9 Å². The molecule has 0 bridgehead atoms. The molecule has 3 atom stereocenters. The molecule has 1 N–H and O–H groups in total. The number of alkyl carbamates (subject to hydrolysis) is 1. The third-order valence-corrected chi connectivity index (χ3v) is 4.87. The van der Waals surface area contributed by atoms with Gasteiger partial charge in [0.15, 0.2) is 0 Å². The summed E-state index contributed by atoms with van der Waals surface area (Å²) in [6.45, 7) is 14.6. The predicted octanol–water partition coefficient (Wildman–Crippen LogP) is 4.80. The van der Waals surface area contributed by atoms with E-state index in [0.717, 1.165) is 12.8 Å². The van der Waals surface area contributed by atoms with Crippen molar-refractivity contribution in [2.24, 2.45) is 11.8 Å². The van der Waals surface area contributed by atoms with Crippen LogP contribution in [0.25, 0.3) is 0 Å². The monoisotopic (exact) mass is 435 g/mol. The van der Waals surface area contributed by atoms with Gasteiger partial charge in [0.2, 0.25) is 0 Å². The summed E-state index contributed by atoms with van der Waals surface area (Å²) >= 11 is 0. The van der Waals surface area contributed by atoms with Crippen LogP contribution in [-0.4, -0.2) is 49.4 Å². The summed E-state index contributed by atoms with van der Waals surface area (Å²) < 4.78 is 17.3. The molecule has 0 fully saturated rings. The lowest BCUT2D eigenvalue weighted by atomic mass is 9.95. The SMILES string of the molecule is CC(C)CCOC[C@@H](Cc1ccccc1)[C@H](C)OC[C@@](C)(C=O)NC(=O)OC(C)(C)C. The van der Waals surface area contributed by atoms with E-state index >= 15 is 0 Å². The fourth-order valence-electron chi connectivity index (χ4n) is 2.91. The average molecular weight is 436 g/mol. The third kappa shape index (κ3) is 11.9. The molecule has 0 heterocycles. The fourth-order valence-corrected chi connectivity index (χ4v) is 2.91. The van der Waals surface area contributed by atoms with E-state index in [1.807, 2.05) is 25.1 Å². The van der Waals surface area contributed by atoms with E-state index in [0.29, 0.717) is 25.4 Å². The number of rotatable bonds is 13. The molecule has 0 aliphatic heterocycles. The molecule has 1 amide bonds. The number of carbonyl (C=O) groups excluding carboxylic acids is 2. The first-order chi connectivity index (χ1) is 14.4. The molecule has 0 spiro atoms. The standard InChI is InChI=1S/C25H41NO5/c1-19(2)13-14-29-16-22(15-21-11-9-8-10-12-21)20(3)30-18-25(7,17-27)26-23(28)31-24(4,5)6/h8-12,17,19-20,22H,13-16,18H2,1-7H3,(H,26,28)/t20-,22+,25+/m0/s1. The molecule has 0 saturated carbocycles. The molecule has 1 aromatic rings. The molecular weight excluding hydrogens is 394 g/mol. The van der Waals surface area contributed by atoms with Gasteiger partial charge in [-0.1, -0.05) is 44.2 Å². The molecule has 1 aromatic carbocycles. The van der Waals surface area contributed by atoms with Crippen LogP contribution in [0.3, 0.4) is 0 Å². The van der Waals surface area contributed by atoms with Crippen LogP contribution in [0, 0.1) is 11.8 Å². The van der Waals surface area contributed by atoms with Crippen molar-refractivity contribution in [3.63, 3.8) is 0 Å². The number of carbonyl (C=O) groups is 2. The van der Waals surface area contributed by atoms with E-state index in [1.54, 1.807) is 27.7 Å². The van der Waals surface area contributed by atoms with Gasteiger partial charge in [0, 0.05) is 12.5 Å². The summed E-state index contributed by atoms with van der Waals surface area (Å²) in [6, 6.07) is 10.2. The van der Waals surface area contributed by atoms with Gasteiger partial charge >= 0.3 is 6.09 Å². The number of aldehydes is 1. The summed E-state index contributed by atoms with van der Waals surface area (Å²) in [4.78, 5) is 23.8. The largest absolute Gasteiger partial charge is 0.444 e. The van der Waals surface area contributed by atoms with Crippen LogP contribution < -0.4 is 5.32 Å². The van der Waals surface area contributed by atoms with Gasteiger partial charge < -0.3 is 24.3 Å². The van der Waals surface area contributed by atoms with Gasteiger partial charge in [-0.05, 0) is 58.9 Å². The minimum atomic E-state index is -1.17. The first-order valence-electron chi connectivity index (χ1n) is 11.1. The zero-order chi connectivity index (χ0) is 23.5. The molecule has 0 aliphatic carbocycles. The number of hydrogen-bond acceptors (Lipinski definition) is 5. The first-order valence-corrected chi connectivity index (χ1v) is 11.1. The Kier molecular flexibility index (Phi) is 11.2. The number of ether oxygens (including phenoxy) is 3. The van der Waals surface area contributed by atoms with E-state index in [2.05, 4.69) is 31.3 Å². The molecular formula is C25H41NO5. The van der Waals surface area contributed by atoms with Crippen molar-refractivity contribution < 1.29 is 23.8 Å². The summed E-state index contributed by atoms with van der Waals surface area (Å²) in [5.41, 5.74) is -0.608. The molecule has 1 rings (SSSR count). The van der Waals surface area contributed by atoms with Crippen LogP contribution in [0.15, 0.2) is 30.3 Å². The van der Waals surface area contributed by atoms with Crippen LogP contribution in [0.2, 0.25) is 0 Å². The van der Waals surface area contributed by atoms with Crippen molar-refractivity contribution in [2.75, 3.05) is 19.8 Å². The molecule has 0 saturated heterocycles. The molecule has 6 heteroatoms. The lowest BCUT2D eigenvalue weighted by Crippen LogP contribution is -2.53. The maximum Gasteiger partial charge on any atom is 0.408 e. The normalized spacial score (nSPS) is 15.7. The minimum absolute atomic E-state index is 0.0498. The van der Waals surface area contributed by atoms with Gasteiger partial charge in [-0.3, -0.25) is 0 Å². The zero-order valence-electron chi connectivity index (χ0n) is 20.3. The Morgan fingerprint density at radius 1 is 1.10 bits per heavy atom. The molecule has 6 nitrogen and oxygen atoms in total. The Morgan fingerprint density at radius 2 is 1.74 bits per heavy atom. The van der Waals surface area contributed by atoms with E-state index in [-0.39, 0.29) is 18.6 Å². The van der Waals surface area contributed by atoms with Crippen LogP contribution >= 0.6 is 0 Å². The minimum Gasteiger partial charge on any atom is -0.444 e. The van der Waals surface area contributed by atoms with Gasteiger partial charge in [-0.25, -0.2) is 4.79 Å². The van der Waals surface area contributed by atoms with Crippen LogP contribution in [0.1, 0.15) is 60.5 Å². The maximum absolute atomic E-state index is 12.1. The van der Waals surface area contributed by atoms with Gasteiger partial charge in [-0.15, -0.1) is 0 Å². The summed E-state index contributed by atoms with van der Waals surface area (Å²) in [6.07, 6.45) is 1.70. The van der Waals surface area contributed by atoms with Crippen molar-refractivity contribution in [3.8, 4) is 0 Å². The van der Waals surface area contributed by atoms with Gasteiger partial charge in [0.05, 0.1) is 19.3 Å². The van der Waals surface area contributed by atoms with Crippen LogP contribution in [0.4, 0.5) is 4.79 Å². The summed E-state index contributed by atoms with van der Waals surface area (Å²) in [5.74, 6) is 0.709. The van der Waals surface area contributed by atoms with Gasteiger partial charge in [0.25, 0.3) is 0 Å². The smallest absolute Gasteiger partial charge is 0.408 e. The molecule has 176 valence electrons. The number of benzene rings is 1. The quantitative estimate of drug-likeness (QED) is 0.356. The summed E-state index contributed by atoms with van der Waals surface area (Å²) in [5, 5.41) is 2.62. The Hall–Kier alpha value is -1.92. The highest BCUT2D eigenvalue weighted by atomic mass is 16.6. The highest BCUT2D eigenvalue weighted by Crippen LogP contribution is 2.18. The number of hydrogen-bond donors (Lipinski definition) is 1. The molecule has 0 aromatic heterocycles. The van der Waals surface area contributed by atoms with E-state index < -0.39 is 17.2 Å². The highest BCUT2D eigenvalue weighted by Gasteiger charge is 2.31. The second-order valence-electron chi connectivity index (χ2n) is 9.89. The summed E-state index contributed by atoms with van der Waals surface area (Å²) in [7, 11) is 0. The Labute approximate surface area is 188 Å².